The standard InChI is InChI=1S/C14H19NO4/c1-4-19-11-8-6-5-7-10(11)15-13(18)14(2,3)9-12(16)17/h5-8H,4,9H2,1-3H3,(H,15,18)(H,16,17). The number of carboxylic acids is 1. The molecule has 1 amide bonds. The van der Waals surface area contributed by atoms with Crippen LogP contribution in [0.2, 0.25) is 0 Å². The molecule has 2 N–H and O–H groups in total. The van der Waals surface area contributed by atoms with Crippen LogP contribution in [0.1, 0.15) is 27.2 Å². The van der Waals surface area contributed by atoms with Crippen molar-refractivity contribution in [2.45, 2.75) is 27.2 Å². The molecule has 5 heteroatoms. The molecule has 104 valence electrons. The first-order chi connectivity index (χ1) is 8.86. The third kappa shape index (κ3) is 4.28. The summed E-state index contributed by atoms with van der Waals surface area (Å²) < 4.78 is 5.40. The average molecular weight is 265 g/mol. The molecule has 0 bridgehead atoms. The summed E-state index contributed by atoms with van der Waals surface area (Å²) in [4.78, 5) is 22.8. The Morgan fingerprint density at radius 1 is 1.32 bits per heavy atom. The summed E-state index contributed by atoms with van der Waals surface area (Å²) >= 11 is 0. The zero-order valence-electron chi connectivity index (χ0n) is 11.4. The number of hydrogen-bond donors (Lipinski definition) is 2. The molecule has 0 saturated carbocycles. The Hall–Kier alpha value is -2.04. The lowest BCUT2D eigenvalue weighted by atomic mass is 9.88. The minimum atomic E-state index is -1.00. The van der Waals surface area contributed by atoms with Crippen LogP contribution in [-0.2, 0) is 9.59 Å². The summed E-state index contributed by atoms with van der Waals surface area (Å²) in [6.45, 7) is 5.54. The van der Waals surface area contributed by atoms with E-state index < -0.39 is 11.4 Å². The summed E-state index contributed by atoms with van der Waals surface area (Å²) in [5, 5.41) is 11.5. The van der Waals surface area contributed by atoms with Gasteiger partial charge < -0.3 is 15.2 Å². The van der Waals surface area contributed by atoms with Crippen LogP contribution in [-0.4, -0.2) is 23.6 Å². The molecule has 1 rings (SSSR count). The van der Waals surface area contributed by atoms with E-state index in [1.54, 1.807) is 32.0 Å². The number of rotatable bonds is 6. The number of carboxylic acid groups (broad SMARTS) is 1. The number of carbonyl (C=O) groups is 2. The van der Waals surface area contributed by atoms with Gasteiger partial charge in [0.15, 0.2) is 0 Å². The van der Waals surface area contributed by atoms with E-state index in [4.69, 9.17) is 9.84 Å². The van der Waals surface area contributed by atoms with Crippen LogP contribution in [0.4, 0.5) is 5.69 Å². The van der Waals surface area contributed by atoms with Gasteiger partial charge in [-0.05, 0) is 19.1 Å². The van der Waals surface area contributed by atoms with Crippen molar-refractivity contribution >= 4 is 17.6 Å². The molecule has 0 saturated heterocycles. The van der Waals surface area contributed by atoms with E-state index in [0.29, 0.717) is 18.0 Å². The molecule has 0 aromatic heterocycles. The van der Waals surface area contributed by atoms with E-state index >= 15 is 0 Å². The molecule has 0 aliphatic rings. The van der Waals surface area contributed by atoms with Crippen molar-refractivity contribution in [3.05, 3.63) is 24.3 Å². The SMILES string of the molecule is CCOc1ccccc1NC(=O)C(C)(C)CC(=O)O. The van der Waals surface area contributed by atoms with Crippen molar-refractivity contribution in [1.82, 2.24) is 0 Å². The molecule has 0 radical (unpaired) electrons. The zero-order chi connectivity index (χ0) is 14.5. The Kier molecular flexibility index (Phi) is 4.92. The first kappa shape index (κ1) is 15.0. The van der Waals surface area contributed by atoms with E-state index in [-0.39, 0.29) is 12.3 Å². The van der Waals surface area contributed by atoms with Gasteiger partial charge in [-0.1, -0.05) is 26.0 Å². The van der Waals surface area contributed by atoms with Crippen molar-refractivity contribution in [3.8, 4) is 5.75 Å². The van der Waals surface area contributed by atoms with Gasteiger partial charge in [-0.15, -0.1) is 0 Å². The van der Waals surface area contributed by atoms with Gasteiger partial charge in [-0.25, -0.2) is 0 Å². The van der Waals surface area contributed by atoms with Gasteiger partial charge in [-0.3, -0.25) is 9.59 Å². The van der Waals surface area contributed by atoms with Gasteiger partial charge in [0, 0.05) is 0 Å². The van der Waals surface area contributed by atoms with Crippen LogP contribution < -0.4 is 10.1 Å². The first-order valence-electron chi connectivity index (χ1n) is 6.12. The zero-order valence-corrected chi connectivity index (χ0v) is 11.4. The van der Waals surface area contributed by atoms with Gasteiger partial charge >= 0.3 is 5.97 Å². The fraction of sp³-hybridized carbons (Fsp3) is 0.429. The molecular weight excluding hydrogens is 246 g/mol. The molecule has 1 aromatic rings. The highest BCUT2D eigenvalue weighted by atomic mass is 16.5. The van der Waals surface area contributed by atoms with Crippen LogP contribution in [0, 0.1) is 5.41 Å². The van der Waals surface area contributed by atoms with Crippen LogP contribution in [0.3, 0.4) is 0 Å². The number of carbonyl (C=O) groups excluding carboxylic acids is 1. The van der Waals surface area contributed by atoms with E-state index in [1.165, 1.54) is 0 Å². The Morgan fingerprint density at radius 2 is 1.95 bits per heavy atom. The maximum absolute atomic E-state index is 12.1. The minimum absolute atomic E-state index is 0.227. The third-order valence-corrected chi connectivity index (χ3v) is 2.64. The fourth-order valence-corrected chi connectivity index (χ4v) is 1.60. The van der Waals surface area contributed by atoms with Crippen molar-refractivity contribution in [3.63, 3.8) is 0 Å². The predicted molar refractivity (Wildman–Crippen MR) is 72.3 cm³/mol. The number of para-hydroxylation sites is 2. The lowest BCUT2D eigenvalue weighted by molar-refractivity contribution is -0.142. The van der Waals surface area contributed by atoms with Crippen molar-refractivity contribution in [2.75, 3.05) is 11.9 Å². The molecule has 1 aromatic carbocycles. The summed E-state index contributed by atoms with van der Waals surface area (Å²) in [7, 11) is 0. The van der Waals surface area contributed by atoms with Crippen LogP contribution in [0.5, 0.6) is 5.75 Å². The van der Waals surface area contributed by atoms with Crippen LogP contribution >= 0.6 is 0 Å². The highest BCUT2D eigenvalue weighted by Gasteiger charge is 2.30. The van der Waals surface area contributed by atoms with Gasteiger partial charge in [0.25, 0.3) is 0 Å². The van der Waals surface area contributed by atoms with Gasteiger partial charge in [-0.2, -0.15) is 0 Å². The second-order valence-corrected chi connectivity index (χ2v) is 4.84. The summed E-state index contributed by atoms with van der Waals surface area (Å²) in [5.41, 5.74) is -0.432. The molecule has 19 heavy (non-hydrogen) atoms. The lowest BCUT2D eigenvalue weighted by Crippen LogP contribution is -2.33. The van der Waals surface area contributed by atoms with E-state index in [2.05, 4.69) is 5.32 Å². The molecule has 0 atom stereocenters. The quantitative estimate of drug-likeness (QED) is 0.828. The van der Waals surface area contributed by atoms with E-state index in [0.717, 1.165) is 0 Å². The third-order valence-electron chi connectivity index (χ3n) is 2.64. The molecule has 0 heterocycles. The van der Waals surface area contributed by atoms with Gasteiger partial charge in [0.05, 0.1) is 24.1 Å². The summed E-state index contributed by atoms with van der Waals surface area (Å²) in [6.07, 6.45) is -0.227. The van der Waals surface area contributed by atoms with E-state index in [9.17, 15) is 9.59 Å². The number of ether oxygens (including phenoxy) is 1. The normalized spacial score (nSPS) is 10.9. The average Bonchev–Trinajstić information content (AvgIpc) is 2.30. The largest absolute Gasteiger partial charge is 0.492 e. The smallest absolute Gasteiger partial charge is 0.304 e. The summed E-state index contributed by atoms with van der Waals surface area (Å²) in [5.74, 6) is -0.773. The Labute approximate surface area is 112 Å². The summed E-state index contributed by atoms with van der Waals surface area (Å²) in [6, 6.07) is 7.06. The van der Waals surface area contributed by atoms with Gasteiger partial charge in [0.1, 0.15) is 5.75 Å². The molecule has 5 nitrogen and oxygen atoms in total. The van der Waals surface area contributed by atoms with Crippen LogP contribution in [0.15, 0.2) is 24.3 Å². The van der Waals surface area contributed by atoms with Crippen molar-refractivity contribution in [2.24, 2.45) is 5.41 Å². The molecule has 0 unspecified atom stereocenters. The number of aliphatic carboxylic acids is 1. The minimum Gasteiger partial charge on any atom is -0.492 e. The maximum Gasteiger partial charge on any atom is 0.304 e. The lowest BCUT2D eigenvalue weighted by Gasteiger charge is -2.22. The highest BCUT2D eigenvalue weighted by molar-refractivity contribution is 5.97. The second-order valence-electron chi connectivity index (χ2n) is 4.84. The monoisotopic (exact) mass is 265 g/mol. The van der Waals surface area contributed by atoms with Crippen molar-refractivity contribution in [1.29, 1.82) is 0 Å². The fourth-order valence-electron chi connectivity index (χ4n) is 1.60. The predicted octanol–water partition coefficient (Wildman–Crippen LogP) is 2.52. The Morgan fingerprint density at radius 3 is 2.53 bits per heavy atom. The number of amides is 1. The van der Waals surface area contributed by atoms with E-state index in [1.807, 2.05) is 13.0 Å². The number of anilines is 1. The second kappa shape index (κ2) is 6.22. The Balaban J connectivity index is 2.84. The van der Waals surface area contributed by atoms with Crippen molar-refractivity contribution < 1.29 is 19.4 Å². The molecular formula is C14H19NO4. The van der Waals surface area contributed by atoms with Crippen LogP contribution in [0.25, 0.3) is 0 Å². The molecule has 0 aliphatic heterocycles. The topological polar surface area (TPSA) is 75.6 Å². The Bertz CT molecular complexity index is 468. The van der Waals surface area contributed by atoms with Gasteiger partial charge in [0.2, 0.25) is 5.91 Å². The number of hydrogen-bond acceptors (Lipinski definition) is 3. The number of benzene rings is 1. The molecule has 0 aliphatic carbocycles. The number of nitrogens with one attached hydrogen (secondary N) is 1. The highest BCUT2D eigenvalue weighted by Crippen LogP contribution is 2.28. The maximum atomic E-state index is 12.1. The first-order valence-corrected chi connectivity index (χ1v) is 6.12. The molecule has 0 fully saturated rings. The molecule has 0 spiro atoms.